The molecule has 5 heteroatoms. The summed E-state index contributed by atoms with van der Waals surface area (Å²) in [6.45, 7) is 1.91. The molecule has 0 radical (unpaired) electrons. The molecule has 0 saturated carbocycles. The molecule has 1 aromatic rings. The average Bonchev–Trinajstić information content (AvgIpc) is 2.16. The summed E-state index contributed by atoms with van der Waals surface area (Å²) in [4.78, 5) is 18.9. The van der Waals surface area contributed by atoms with Gasteiger partial charge in [-0.25, -0.2) is 14.8 Å². The number of esters is 1. The van der Waals surface area contributed by atoms with Crippen LogP contribution in [0.4, 0.5) is 5.82 Å². The zero-order valence-corrected chi connectivity index (χ0v) is 7.57. The molecule has 0 bridgehead atoms. The van der Waals surface area contributed by atoms with Crippen molar-refractivity contribution >= 4 is 11.8 Å². The molecule has 0 aliphatic carbocycles. The van der Waals surface area contributed by atoms with Crippen LogP contribution in [-0.2, 0) is 11.2 Å². The fourth-order valence-electron chi connectivity index (χ4n) is 0.871. The number of aryl methyl sites for hydroxylation is 1. The van der Waals surface area contributed by atoms with Gasteiger partial charge < -0.3 is 10.5 Å². The number of nitrogens with two attached hydrogens (primary N) is 1. The molecule has 2 N–H and O–H groups in total. The van der Waals surface area contributed by atoms with E-state index in [0.717, 1.165) is 0 Å². The van der Waals surface area contributed by atoms with Crippen molar-refractivity contribution in [3.8, 4) is 0 Å². The van der Waals surface area contributed by atoms with E-state index in [0.29, 0.717) is 12.2 Å². The zero-order chi connectivity index (χ0) is 9.84. The number of carbonyl (C=O) groups is 1. The van der Waals surface area contributed by atoms with Crippen molar-refractivity contribution in [2.75, 3.05) is 12.8 Å². The smallest absolute Gasteiger partial charge is 0.343 e. The number of hydrogen-bond donors (Lipinski definition) is 1. The number of nitrogen functional groups attached to an aromatic ring is 1. The molecule has 0 aromatic carbocycles. The second kappa shape index (κ2) is 3.84. The van der Waals surface area contributed by atoms with Crippen molar-refractivity contribution in [2.24, 2.45) is 0 Å². The maximum Gasteiger partial charge on any atom is 0.343 e. The average molecular weight is 181 g/mol. The van der Waals surface area contributed by atoms with Crippen molar-refractivity contribution in [1.82, 2.24) is 9.97 Å². The summed E-state index contributed by atoms with van der Waals surface area (Å²) in [5, 5.41) is 0. The number of hydrogen-bond acceptors (Lipinski definition) is 5. The number of ether oxygens (including phenoxy) is 1. The van der Waals surface area contributed by atoms with Crippen LogP contribution < -0.4 is 5.73 Å². The molecule has 1 aromatic heterocycles. The Kier molecular flexibility index (Phi) is 2.79. The Morgan fingerprint density at radius 3 is 2.85 bits per heavy atom. The van der Waals surface area contributed by atoms with Gasteiger partial charge in [-0.1, -0.05) is 6.92 Å². The van der Waals surface area contributed by atoms with Crippen molar-refractivity contribution in [1.29, 1.82) is 0 Å². The standard InChI is InChI=1S/C8H11N3O2/c1-3-6-10-4-5(7(9)11-6)8(12)13-2/h4H,3H2,1-2H3,(H2,9,10,11). The Morgan fingerprint density at radius 1 is 1.69 bits per heavy atom. The molecule has 0 aliphatic rings. The van der Waals surface area contributed by atoms with Gasteiger partial charge in [-0.15, -0.1) is 0 Å². The van der Waals surface area contributed by atoms with Crippen LogP contribution in [0.2, 0.25) is 0 Å². The number of nitrogens with zero attached hydrogens (tertiary/aromatic N) is 2. The van der Waals surface area contributed by atoms with Gasteiger partial charge in [-0.3, -0.25) is 0 Å². The van der Waals surface area contributed by atoms with E-state index in [1.807, 2.05) is 6.92 Å². The van der Waals surface area contributed by atoms with Gasteiger partial charge in [0.2, 0.25) is 0 Å². The van der Waals surface area contributed by atoms with Crippen molar-refractivity contribution in [3.05, 3.63) is 17.6 Å². The molecule has 1 rings (SSSR count). The van der Waals surface area contributed by atoms with Crippen molar-refractivity contribution in [2.45, 2.75) is 13.3 Å². The molecule has 0 fully saturated rings. The number of rotatable bonds is 2. The van der Waals surface area contributed by atoms with Crippen LogP contribution in [0.25, 0.3) is 0 Å². The third-order valence-electron chi connectivity index (χ3n) is 1.59. The van der Waals surface area contributed by atoms with Gasteiger partial charge >= 0.3 is 5.97 Å². The first kappa shape index (κ1) is 9.44. The monoisotopic (exact) mass is 181 g/mol. The van der Waals surface area contributed by atoms with Gasteiger partial charge in [0.05, 0.1) is 7.11 Å². The van der Waals surface area contributed by atoms with Crippen molar-refractivity contribution < 1.29 is 9.53 Å². The molecular weight excluding hydrogens is 170 g/mol. The molecule has 70 valence electrons. The first-order valence-corrected chi connectivity index (χ1v) is 3.88. The van der Waals surface area contributed by atoms with Crippen LogP contribution in [-0.4, -0.2) is 23.0 Å². The fourth-order valence-corrected chi connectivity index (χ4v) is 0.871. The van der Waals surface area contributed by atoms with Crippen LogP contribution in [0, 0.1) is 0 Å². The summed E-state index contributed by atoms with van der Waals surface area (Å²) in [7, 11) is 1.29. The summed E-state index contributed by atoms with van der Waals surface area (Å²) >= 11 is 0. The molecule has 5 nitrogen and oxygen atoms in total. The third-order valence-corrected chi connectivity index (χ3v) is 1.59. The van der Waals surface area contributed by atoms with E-state index in [1.54, 1.807) is 0 Å². The lowest BCUT2D eigenvalue weighted by Crippen LogP contribution is -2.09. The third kappa shape index (κ3) is 1.93. The first-order valence-electron chi connectivity index (χ1n) is 3.88. The van der Waals surface area contributed by atoms with Gasteiger partial charge in [0.25, 0.3) is 0 Å². The fraction of sp³-hybridized carbons (Fsp3) is 0.375. The minimum atomic E-state index is -0.514. The van der Waals surface area contributed by atoms with E-state index in [-0.39, 0.29) is 11.4 Å². The highest BCUT2D eigenvalue weighted by molar-refractivity contribution is 5.93. The normalized spacial score (nSPS) is 9.69. The molecule has 0 unspecified atom stereocenters. The maximum atomic E-state index is 11.1. The highest BCUT2D eigenvalue weighted by Crippen LogP contribution is 2.08. The predicted molar refractivity (Wildman–Crippen MR) is 47.2 cm³/mol. The molecule has 0 amide bonds. The van der Waals surface area contributed by atoms with E-state index in [9.17, 15) is 4.79 Å². The van der Waals surface area contributed by atoms with E-state index in [1.165, 1.54) is 13.3 Å². The minimum absolute atomic E-state index is 0.165. The number of carbonyl (C=O) groups excluding carboxylic acids is 1. The molecule has 0 saturated heterocycles. The minimum Gasteiger partial charge on any atom is -0.465 e. The highest BCUT2D eigenvalue weighted by Gasteiger charge is 2.11. The van der Waals surface area contributed by atoms with Crippen LogP contribution in [0.1, 0.15) is 23.1 Å². The molecule has 0 atom stereocenters. The number of anilines is 1. The van der Waals surface area contributed by atoms with E-state index in [4.69, 9.17) is 5.73 Å². The van der Waals surface area contributed by atoms with Crippen LogP contribution in [0.3, 0.4) is 0 Å². The first-order chi connectivity index (χ1) is 6.19. The Hall–Kier alpha value is -1.65. The maximum absolute atomic E-state index is 11.1. The number of methoxy groups -OCH3 is 1. The van der Waals surface area contributed by atoms with E-state index >= 15 is 0 Å². The Balaban J connectivity index is 3.05. The highest BCUT2D eigenvalue weighted by atomic mass is 16.5. The van der Waals surface area contributed by atoms with Gasteiger partial charge in [-0.05, 0) is 0 Å². The van der Waals surface area contributed by atoms with Gasteiger partial charge in [0.15, 0.2) is 0 Å². The lowest BCUT2D eigenvalue weighted by Gasteiger charge is -2.02. The second-order valence-corrected chi connectivity index (χ2v) is 2.43. The zero-order valence-electron chi connectivity index (χ0n) is 7.57. The van der Waals surface area contributed by atoms with Crippen LogP contribution in [0.15, 0.2) is 6.20 Å². The van der Waals surface area contributed by atoms with Gasteiger partial charge in [0, 0.05) is 12.6 Å². The van der Waals surface area contributed by atoms with Gasteiger partial charge in [-0.2, -0.15) is 0 Å². The van der Waals surface area contributed by atoms with Crippen molar-refractivity contribution in [3.63, 3.8) is 0 Å². The Labute approximate surface area is 75.9 Å². The Morgan fingerprint density at radius 2 is 2.38 bits per heavy atom. The van der Waals surface area contributed by atoms with Gasteiger partial charge in [0.1, 0.15) is 17.2 Å². The molecule has 0 aliphatic heterocycles. The predicted octanol–water partition coefficient (Wildman–Crippen LogP) is 0.408. The Bertz CT molecular complexity index is 325. The van der Waals surface area contributed by atoms with Crippen LogP contribution >= 0.6 is 0 Å². The molecule has 0 spiro atoms. The summed E-state index contributed by atoms with van der Waals surface area (Å²) in [6, 6.07) is 0. The quantitative estimate of drug-likeness (QED) is 0.668. The summed E-state index contributed by atoms with van der Waals surface area (Å²) in [6.07, 6.45) is 2.07. The molecule has 13 heavy (non-hydrogen) atoms. The van der Waals surface area contributed by atoms with E-state index in [2.05, 4.69) is 14.7 Å². The topological polar surface area (TPSA) is 78.1 Å². The lowest BCUT2D eigenvalue weighted by atomic mass is 10.3. The molecule has 1 heterocycles. The summed E-state index contributed by atoms with van der Waals surface area (Å²) in [5.74, 6) is 0.268. The second-order valence-electron chi connectivity index (χ2n) is 2.43. The lowest BCUT2D eigenvalue weighted by molar-refractivity contribution is 0.0601. The largest absolute Gasteiger partial charge is 0.465 e. The van der Waals surface area contributed by atoms with E-state index < -0.39 is 5.97 Å². The van der Waals surface area contributed by atoms with Crippen LogP contribution in [0.5, 0.6) is 0 Å². The molecular formula is C8H11N3O2. The summed E-state index contributed by atoms with van der Waals surface area (Å²) < 4.78 is 4.49. The summed E-state index contributed by atoms with van der Waals surface area (Å²) in [5.41, 5.74) is 5.73. The number of aromatic nitrogens is 2. The SMILES string of the molecule is CCc1ncc(C(=O)OC)c(N)n1.